The van der Waals surface area contributed by atoms with Crippen molar-refractivity contribution in [3.63, 3.8) is 0 Å². The normalized spacial score (nSPS) is 25.4. The second-order valence-corrected chi connectivity index (χ2v) is 5.21. The van der Waals surface area contributed by atoms with E-state index in [4.69, 9.17) is 4.74 Å². The van der Waals surface area contributed by atoms with Gasteiger partial charge in [0.2, 0.25) is 0 Å². The third-order valence-corrected chi connectivity index (χ3v) is 4.24. The zero-order chi connectivity index (χ0) is 11.4. The maximum Gasteiger partial charge on any atom is 0.119 e. The molecule has 0 bridgehead atoms. The van der Waals surface area contributed by atoms with Crippen LogP contribution in [0.2, 0.25) is 0 Å². The summed E-state index contributed by atoms with van der Waals surface area (Å²) < 4.78 is 5.26. The number of hydrogen-bond acceptors (Lipinski definition) is 3. The van der Waals surface area contributed by atoms with Crippen molar-refractivity contribution in [3.05, 3.63) is 29.8 Å². The maximum absolute atomic E-state index is 5.26. The molecular weight excluding hydrogens is 218 g/mol. The highest BCUT2D eigenvalue weighted by atomic mass is 32.2. The Kier molecular flexibility index (Phi) is 4.13. The van der Waals surface area contributed by atoms with Crippen molar-refractivity contribution in [2.45, 2.75) is 25.4 Å². The largest absolute Gasteiger partial charge is 0.497 e. The van der Waals surface area contributed by atoms with Crippen LogP contribution in [0.15, 0.2) is 24.3 Å². The van der Waals surface area contributed by atoms with Gasteiger partial charge in [0.1, 0.15) is 5.75 Å². The predicted molar refractivity (Wildman–Crippen MR) is 70.3 cm³/mol. The average molecular weight is 237 g/mol. The van der Waals surface area contributed by atoms with Crippen molar-refractivity contribution in [1.29, 1.82) is 0 Å². The maximum atomic E-state index is 5.26. The van der Waals surface area contributed by atoms with Crippen molar-refractivity contribution >= 4 is 11.8 Å². The van der Waals surface area contributed by atoms with Crippen LogP contribution in [0.4, 0.5) is 0 Å². The minimum atomic E-state index is 0.471. The molecule has 1 aromatic rings. The van der Waals surface area contributed by atoms with Gasteiger partial charge < -0.3 is 10.1 Å². The van der Waals surface area contributed by atoms with Crippen LogP contribution in [0, 0.1) is 0 Å². The van der Waals surface area contributed by atoms with Gasteiger partial charge in [0, 0.05) is 23.6 Å². The highest BCUT2D eigenvalue weighted by Gasteiger charge is 2.21. The van der Waals surface area contributed by atoms with Crippen LogP contribution < -0.4 is 10.1 Å². The van der Waals surface area contributed by atoms with Gasteiger partial charge in [-0.2, -0.15) is 11.8 Å². The highest BCUT2D eigenvalue weighted by molar-refractivity contribution is 7.99. The van der Waals surface area contributed by atoms with Gasteiger partial charge in [0.25, 0.3) is 0 Å². The molecule has 2 nitrogen and oxygen atoms in total. The van der Waals surface area contributed by atoms with Crippen LogP contribution in [0.3, 0.4) is 0 Å². The molecule has 0 aromatic heterocycles. The second-order valence-electron chi connectivity index (χ2n) is 4.14. The van der Waals surface area contributed by atoms with Gasteiger partial charge in [-0.05, 0) is 24.1 Å². The zero-order valence-corrected chi connectivity index (χ0v) is 10.7. The third-order valence-electron chi connectivity index (χ3n) is 3.03. The number of hydrogen-bond donors (Lipinski definition) is 1. The molecule has 2 rings (SSSR count). The van der Waals surface area contributed by atoms with E-state index in [0.717, 1.165) is 11.5 Å². The molecule has 2 atom stereocenters. The summed E-state index contributed by atoms with van der Waals surface area (Å²) in [4.78, 5) is 0. The van der Waals surface area contributed by atoms with Crippen molar-refractivity contribution in [1.82, 2.24) is 5.32 Å². The Balaban J connectivity index is 2.10. The standard InChI is InChI=1S/C13H19NOS/c1-3-11-8-16-9-13(14-11)10-5-4-6-12(7-10)15-2/h4-7,11,13-14H,3,8-9H2,1-2H3. The zero-order valence-electron chi connectivity index (χ0n) is 9.90. The Hall–Kier alpha value is -0.670. The van der Waals surface area contributed by atoms with E-state index in [0.29, 0.717) is 12.1 Å². The molecule has 1 fully saturated rings. The predicted octanol–water partition coefficient (Wildman–Crippen LogP) is 2.85. The number of ether oxygens (including phenoxy) is 1. The molecule has 0 radical (unpaired) electrons. The minimum Gasteiger partial charge on any atom is -0.497 e. The van der Waals surface area contributed by atoms with Gasteiger partial charge in [0.05, 0.1) is 7.11 Å². The van der Waals surface area contributed by atoms with E-state index >= 15 is 0 Å². The molecule has 1 aliphatic heterocycles. The minimum absolute atomic E-state index is 0.471. The summed E-state index contributed by atoms with van der Waals surface area (Å²) in [5, 5.41) is 3.69. The molecule has 1 saturated heterocycles. The number of benzene rings is 1. The smallest absolute Gasteiger partial charge is 0.119 e. The Morgan fingerprint density at radius 1 is 1.44 bits per heavy atom. The van der Waals surface area contributed by atoms with Gasteiger partial charge in [-0.25, -0.2) is 0 Å². The van der Waals surface area contributed by atoms with Crippen LogP contribution in [-0.4, -0.2) is 24.7 Å². The number of thioether (sulfide) groups is 1. The first-order valence-corrected chi connectivity index (χ1v) is 6.96. The monoisotopic (exact) mass is 237 g/mol. The van der Waals surface area contributed by atoms with Gasteiger partial charge in [0.15, 0.2) is 0 Å². The first kappa shape index (κ1) is 11.8. The van der Waals surface area contributed by atoms with Crippen molar-refractivity contribution < 1.29 is 4.74 Å². The number of nitrogens with one attached hydrogen (secondary N) is 1. The van der Waals surface area contributed by atoms with E-state index in [9.17, 15) is 0 Å². The molecule has 1 aliphatic rings. The summed E-state index contributed by atoms with van der Waals surface area (Å²) >= 11 is 2.04. The van der Waals surface area contributed by atoms with Crippen molar-refractivity contribution in [3.8, 4) is 5.75 Å². The molecule has 0 amide bonds. The highest BCUT2D eigenvalue weighted by Crippen LogP contribution is 2.27. The molecule has 1 heterocycles. The lowest BCUT2D eigenvalue weighted by molar-refractivity contribution is 0.411. The fourth-order valence-corrected chi connectivity index (χ4v) is 3.27. The topological polar surface area (TPSA) is 21.3 Å². The Morgan fingerprint density at radius 2 is 2.31 bits per heavy atom. The summed E-state index contributed by atoms with van der Waals surface area (Å²) in [6.07, 6.45) is 1.20. The summed E-state index contributed by atoms with van der Waals surface area (Å²) in [6.45, 7) is 2.24. The quantitative estimate of drug-likeness (QED) is 0.873. The van der Waals surface area contributed by atoms with Crippen LogP contribution >= 0.6 is 11.8 Å². The lowest BCUT2D eigenvalue weighted by atomic mass is 10.1. The summed E-state index contributed by atoms with van der Waals surface area (Å²) in [7, 11) is 1.72. The van der Waals surface area contributed by atoms with Gasteiger partial charge in [-0.1, -0.05) is 19.1 Å². The van der Waals surface area contributed by atoms with E-state index < -0.39 is 0 Å². The van der Waals surface area contributed by atoms with E-state index in [1.54, 1.807) is 7.11 Å². The molecule has 3 heteroatoms. The first-order valence-electron chi connectivity index (χ1n) is 5.81. The van der Waals surface area contributed by atoms with Crippen LogP contribution in [0.5, 0.6) is 5.75 Å². The Bertz CT molecular complexity index is 342. The summed E-state index contributed by atoms with van der Waals surface area (Å²) in [5.74, 6) is 3.34. The van der Waals surface area contributed by atoms with Crippen LogP contribution in [0.1, 0.15) is 24.9 Å². The average Bonchev–Trinajstić information content (AvgIpc) is 2.39. The lowest BCUT2D eigenvalue weighted by Crippen LogP contribution is -2.39. The summed E-state index contributed by atoms with van der Waals surface area (Å²) in [6, 6.07) is 9.50. The van der Waals surface area contributed by atoms with Crippen LogP contribution in [0.25, 0.3) is 0 Å². The van der Waals surface area contributed by atoms with Gasteiger partial charge in [-0.15, -0.1) is 0 Å². The van der Waals surface area contributed by atoms with Gasteiger partial charge >= 0.3 is 0 Å². The number of rotatable bonds is 3. The third kappa shape index (κ3) is 2.71. The van der Waals surface area contributed by atoms with Gasteiger partial charge in [-0.3, -0.25) is 0 Å². The van der Waals surface area contributed by atoms with E-state index in [-0.39, 0.29) is 0 Å². The molecule has 0 aliphatic carbocycles. The Morgan fingerprint density at radius 3 is 3.06 bits per heavy atom. The molecular formula is C13H19NOS. The lowest BCUT2D eigenvalue weighted by Gasteiger charge is -2.30. The molecule has 2 unspecified atom stereocenters. The first-order chi connectivity index (χ1) is 7.83. The van der Waals surface area contributed by atoms with Crippen LogP contribution in [-0.2, 0) is 0 Å². The van der Waals surface area contributed by atoms with E-state index in [1.165, 1.54) is 17.7 Å². The molecule has 1 N–H and O–H groups in total. The van der Waals surface area contributed by atoms with Crippen molar-refractivity contribution in [2.24, 2.45) is 0 Å². The molecule has 1 aromatic carbocycles. The SMILES string of the molecule is CCC1CSCC(c2cccc(OC)c2)N1. The van der Waals surface area contributed by atoms with E-state index in [1.807, 2.05) is 17.8 Å². The second kappa shape index (κ2) is 5.60. The number of methoxy groups -OCH3 is 1. The van der Waals surface area contributed by atoms with E-state index in [2.05, 4.69) is 30.4 Å². The molecule has 88 valence electrons. The van der Waals surface area contributed by atoms with Crippen molar-refractivity contribution in [2.75, 3.05) is 18.6 Å². The molecule has 0 spiro atoms. The fraction of sp³-hybridized carbons (Fsp3) is 0.538. The Labute approximate surface area is 102 Å². The molecule has 16 heavy (non-hydrogen) atoms. The fourth-order valence-electron chi connectivity index (χ4n) is 2.00. The molecule has 0 saturated carbocycles. The summed E-state index contributed by atoms with van der Waals surface area (Å²) in [5.41, 5.74) is 1.34.